The van der Waals surface area contributed by atoms with Crippen molar-refractivity contribution >= 4 is 5.97 Å². The average Bonchev–Trinajstić information content (AvgIpc) is 3.05. The number of carbonyl (C=O) groups is 1. The fourth-order valence-electron chi connectivity index (χ4n) is 2.80. The Morgan fingerprint density at radius 2 is 1.72 bits per heavy atom. The third kappa shape index (κ3) is 2.14. The van der Waals surface area contributed by atoms with Crippen LogP contribution in [0.25, 0.3) is 0 Å². The van der Waals surface area contributed by atoms with Gasteiger partial charge in [-0.2, -0.15) is 0 Å². The standard InChI is InChI=1S/C14H22F2O2/c1-6-12(2,3)7-13(4,5)11(17)18-10-8-9(10)14(8,15)16/h8-10H,6-7H2,1-5H3. The zero-order valence-corrected chi connectivity index (χ0v) is 11.7. The van der Waals surface area contributed by atoms with E-state index in [0.29, 0.717) is 6.42 Å². The van der Waals surface area contributed by atoms with Gasteiger partial charge in [0.05, 0.1) is 17.3 Å². The molecule has 0 heterocycles. The van der Waals surface area contributed by atoms with Crippen molar-refractivity contribution in [3.05, 3.63) is 0 Å². The average molecular weight is 260 g/mol. The number of alkyl halides is 2. The summed E-state index contributed by atoms with van der Waals surface area (Å²) in [4.78, 5) is 12.0. The van der Waals surface area contributed by atoms with Crippen molar-refractivity contribution in [1.82, 2.24) is 0 Å². The minimum absolute atomic E-state index is 0.0545. The molecule has 0 aromatic heterocycles. The molecule has 2 saturated carbocycles. The highest BCUT2D eigenvalue weighted by molar-refractivity contribution is 5.76. The molecule has 0 aliphatic heterocycles. The first-order valence-corrected chi connectivity index (χ1v) is 6.62. The van der Waals surface area contributed by atoms with E-state index in [1.54, 1.807) is 0 Å². The van der Waals surface area contributed by atoms with Gasteiger partial charge in [0.1, 0.15) is 6.10 Å². The lowest BCUT2D eigenvalue weighted by Crippen LogP contribution is -2.34. The van der Waals surface area contributed by atoms with E-state index in [-0.39, 0.29) is 11.4 Å². The van der Waals surface area contributed by atoms with Crippen LogP contribution in [0.5, 0.6) is 0 Å². The number of halogens is 2. The van der Waals surface area contributed by atoms with Crippen molar-refractivity contribution in [3.8, 4) is 0 Å². The van der Waals surface area contributed by atoms with Gasteiger partial charge in [-0.05, 0) is 25.7 Å². The molecule has 0 radical (unpaired) electrons. The van der Waals surface area contributed by atoms with Gasteiger partial charge in [0.2, 0.25) is 0 Å². The summed E-state index contributed by atoms with van der Waals surface area (Å²) in [6.07, 6.45) is 1.15. The molecule has 0 saturated heterocycles. The minimum atomic E-state index is -2.56. The monoisotopic (exact) mass is 260 g/mol. The molecule has 0 aromatic carbocycles. The predicted octanol–water partition coefficient (Wildman–Crippen LogP) is 3.65. The van der Waals surface area contributed by atoms with E-state index >= 15 is 0 Å². The van der Waals surface area contributed by atoms with Gasteiger partial charge in [0.15, 0.2) is 0 Å². The zero-order chi connectivity index (χ0) is 13.9. The molecule has 0 spiro atoms. The Morgan fingerprint density at radius 3 is 2.11 bits per heavy atom. The molecular weight excluding hydrogens is 238 g/mol. The second-order valence-corrected chi connectivity index (χ2v) is 7.17. The first-order chi connectivity index (χ1) is 8.03. The molecule has 0 amide bonds. The van der Waals surface area contributed by atoms with Gasteiger partial charge in [-0.15, -0.1) is 0 Å². The van der Waals surface area contributed by atoms with Crippen molar-refractivity contribution in [3.63, 3.8) is 0 Å². The first kappa shape index (κ1) is 13.8. The molecule has 2 aliphatic carbocycles. The lowest BCUT2D eigenvalue weighted by atomic mass is 9.74. The third-order valence-corrected chi connectivity index (χ3v) is 4.41. The second-order valence-electron chi connectivity index (χ2n) is 7.17. The van der Waals surface area contributed by atoms with Crippen LogP contribution < -0.4 is 0 Å². The van der Waals surface area contributed by atoms with Gasteiger partial charge in [0.25, 0.3) is 5.92 Å². The van der Waals surface area contributed by atoms with Crippen LogP contribution in [0.4, 0.5) is 8.78 Å². The maximum atomic E-state index is 12.7. The summed E-state index contributed by atoms with van der Waals surface area (Å²) in [6.45, 7) is 9.95. The summed E-state index contributed by atoms with van der Waals surface area (Å²) in [5.74, 6) is -4.26. The molecule has 2 aliphatic rings. The van der Waals surface area contributed by atoms with E-state index in [0.717, 1.165) is 6.42 Å². The second kappa shape index (κ2) is 3.67. The smallest absolute Gasteiger partial charge is 0.311 e. The van der Waals surface area contributed by atoms with Crippen molar-refractivity contribution in [2.24, 2.45) is 22.7 Å². The summed E-state index contributed by atoms with van der Waals surface area (Å²) in [7, 11) is 0. The van der Waals surface area contributed by atoms with Crippen LogP contribution in [0, 0.1) is 22.7 Å². The van der Waals surface area contributed by atoms with E-state index in [9.17, 15) is 13.6 Å². The minimum Gasteiger partial charge on any atom is -0.461 e. The van der Waals surface area contributed by atoms with E-state index in [1.165, 1.54) is 0 Å². The Bertz CT molecular complexity index is 362. The fraction of sp³-hybridized carbons (Fsp3) is 0.929. The van der Waals surface area contributed by atoms with E-state index in [4.69, 9.17) is 4.74 Å². The Labute approximate surface area is 107 Å². The molecular formula is C14H22F2O2. The van der Waals surface area contributed by atoms with Crippen LogP contribution in [0.2, 0.25) is 0 Å². The van der Waals surface area contributed by atoms with Crippen molar-refractivity contribution in [2.75, 3.05) is 0 Å². The van der Waals surface area contributed by atoms with E-state index < -0.39 is 29.3 Å². The highest BCUT2D eigenvalue weighted by atomic mass is 19.3. The number of hydrogen-bond acceptors (Lipinski definition) is 2. The van der Waals surface area contributed by atoms with Crippen LogP contribution in [0.15, 0.2) is 0 Å². The normalized spacial score (nSPS) is 32.7. The lowest BCUT2D eigenvalue weighted by Gasteiger charge is -2.33. The number of hydrogen-bond donors (Lipinski definition) is 0. The Balaban J connectivity index is 1.85. The summed E-state index contributed by atoms with van der Waals surface area (Å²) >= 11 is 0. The maximum Gasteiger partial charge on any atom is 0.311 e. The van der Waals surface area contributed by atoms with Gasteiger partial charge in [0, 0.05) is 0 Å². The molecule has 2 atom stereocenters. The zero-order valence-electron chi connectivity index (χ0n) is 11.7. The lowest BCUT2D eigenvalue weighted by molar-refractivity contribution is -0.163. The molecule has 0 bridgehead atoms. The number of rotatable bonds is 5. The van der Waals surface area contributed by atoms with Crippen molar-refractivity contribution in [1.29, 1.82) is 0 Å². The van der Waals surface area contributed by atoms with Crippen LogP contribution in [0.3, 0.4) is 0 Å². The Kier molecular flexibility index (Phi) is 2.81. The first-order valence-electron chi connectivity index (χ1n) is 6.62. The molecule has 2 unspecified atom stereocenters. The maximum absolute atomic E-state index is 12.7. The summed E-state index contributed by atoms with van der Waals surface area (Å²) in [5.41, 5.74) is -0.553. The molecule has 0 N–H and O–H groups in total. The van der Waals surface area contributed by atoms with E-state index in [2.05, 4.69) is 20.8 Å². The van der Waals surface area contributed by atoms with Gasteiger partial charge >= 0.3 is 5.97 Å². The quantitative estimate of drug-likeness (QED) is 0.705. The summed E-state index contributed by atoms with van der Waals surface area (Å²) in [6, 6.07) is 0. The van der Waals surface area contributed by atoms with Crippen LogP contribution in [0.1, 0.15) is 47.5 Å². The Morgan fingerprint density at radius 1 is 1.22 bits per heavy atom. The largest absolute Gasteiger partial charge is 0.461 e. The van der Waals surface area contributed by atoms with Gasteiger partial charge in [-0.1, -0.05) is 27.2 Å². The number of esters is 1. The number of ether oxygens (including phenoxy) is 1. The summed E-state index contributed by atoms with van der Waals surface area (Å²) < 4.78 is 30.6. The van der Waals surface area contributed by atoms with Crippen LogP contribution in [-0.2, 0) is 9.53 Å². The molecule has 4 heteroatoms. The highest BCUT2D eigenvalue weighted by Gasteiger charge is 2.90. The molecule has 2 fully saturated rings. The molecule has 2 rings (SSSR count). The Hall–Kier alpha value is -0.670. The van der Waals surface area contributed by atoms with Gasteiger partial charge in [-0.25, -0.2) is 8.78 Å². The molecule has 2 nitrogen and oxygen atoms in total. The van der Waals surface area contributed by atoms with Crippen molar-refractivity contribution < 1.29 is 18.3 Å². The highest BCUT2D eigenvalue weighted by Crippen LogP contribution is 2.75. The van der Waals surface area contributed by atoms with Crippen molar-refractivity contribution in [2.45, 2.75) is 59.5 Å². The van der Waals surface area contributed by atoms with Gasteiger partial charge in [-0.3, -0.25) is 4.79 Å². The van der Waals surface area contributed by atoms with Gasteiger partial charge < -0.3 is 4.74 Å². The molecule has 18 heavy (non-hydrogen) atoms. The number of carbonyl (C=O) groups excluding carboxylic acids is 1. The SMILES string of the molecule is CCC(C)(C)CC(C)(C)C(=O)OC1C2C1C2(F)F. The molecule has 0 aromatic rings. The summed E-state index contributed by atoms with van der Waals surface area (Å²) in [5, 5.41) is 0. The van der Waals surface area contributed by atoms with Crippen LogP contribution >= 0.6 is 0 Å². The topological polar surface area (TPSA) is 26.3 Å². The van der Waals surface area contributed by atoms with E-state index in [1.807, 2.05) is 13.8 Å². The number of fused-ring (bicyclic) bond motifs is 1. The molecule has 104 valence electrons. The van der Waals surface area contributed by atoms with Crippen LogP contribution in [-0.4, -0.2) is 18.0 Å². The fourth-order valence-corrected chi connectivity index (χ4v) is 2.80. The predicted molar refractivity (Wildman–Crippen MR) is 64.3 cm³/mol. The third-order valence-electron chi connectivity index (χ3n) is 4.41.